The maximum Gasteiger partial charge on any atom is 0.319 e. The van der Waals surface area contributed by atoms with Crippen LogP contribution in [0.25, 0.3) is 0 Å². The van der Waals surface area contributed by atoms with E-state index in [2.05, 4.69) is 0 Å². The van der Waals surface area contributed by atoms with Crippen molar-refractivity contribution in [3.05, 3.63) is 34.9 Å². The maximum absolute atomic E-state index is 12.1. The second-order valence-electron chi connectivity index (χ2n) is 4.75. The number of hydrogen-bond donors (Lipinski definition) is 6. The number of carbonyl (C=O) groups is 2. The molecule has 0 heterocycles. The monoisotopic (exact) mass is 312 g/mol. The third-order valence-electron chi connectivity index (χ3n) is 3.35. The lowest BCUT2D eigenvalue weighted by atomic mass is 9.84. The largest absolute Gasteiger partial charge is 0.396 e. The number of hydrogen-bond acceptors (Lipinski definition) is 6. The van der Waals surface area contributed by atoms with Crippen molar-refractivity contribution in [3.8, 4) is 0 Å². The van der Waals surface area contributed by atoms with Crippen LogP contribution in [0.3, 0.4) is 0 Å². The van der Waals surface area contributed by atoms with Crippen molar-refractivity contribution >= 4 is 11.9 Å². The highest BCUT2D eigenvalue weighted by Crippen LogP contribution is 2.29. The number of imide groups is 1. The van der Waals surface area contributed by atoms with E-state index < -0.39 is 37.0 Å². The Kier molecular flexibility index (Phi) is 6.93. The van der Waals surface area contributed by atoms with Gasteiger partial charge in [0.05, 0.1) is 26.4 Å². The van der Waals surface area contributed by atoms with Crippen LogP contribution in [0.4, 0.5) is 4.79 Å². The van der Waals surface area contributed by atoms with E-state index >= 15 is 0 Å². The van der Waals surface area contributed by atoms with Crippen molar-refractivity contribution in [2.24, 2.45) is 5.73 Å². The second-order valence-corrected chi connectivity index (χ2v) is 4.75. The van der Waals surface area contributed by atoms with Crippen LogP contribution < -0.4 is 11.1 Å². The Hall–Kier alpha value is -2.00. The van der Waals surface area contributed by atoms with E-state index in [-0.39, 0.29) is 24.3 Å². The van der Waals surface area contributed by atoms with Gasteiger partial charge in [0, 0.05) is 17.4 Å². The fraction of sp³-hybridized carbons (Fsp3) is 0.429. The third-order valence-corrected chi connectivity index (χ3v) is 3.35. The van der Waals surface area contributed by atoms with E-state index in [0.717, 1.165) is 0 Å². The summed E-state index contributed by atoms with van der Waals surface area (Å²) in [7, 11) is 0. The highest BCUT2D eigenvalue weighted by Gasteiger charge is 2.25. The summed E-state index contributed by atoms with van der Waals surface area (Å²) in [5, 5.41) is 39.4. The summed E-state index contributed by atoms with van der Waals surface area (Å²) in [4.78, 5) is 22.9. The molecule has 0 aliphatic carbocycles. The average Bonchev–Trinajstić information content (AvgIpc) is 2.50. The number of nitrogens with one attached hydrogen (secondary N) is 1. The molecule has 0 bridgehead atoms. The Morgan fingerprint density at radius 2 is 1.55 bits per heavy atom. The SMILES string of the molecule is NC(=O)NC(=O)c1cccc(C(CO)CO)c1C(CO)CO. The van der Waals surface area contributed by atoms with Crippen molar-refractivity contribution in [1.82, 2.24) is 5.32 Å². The molecule has 8 heteroatoms. The number of nitrogens with two attached hydrogens (primary N) is 1. The van der Waals surface area contributed by atoms with Crippen molar-refractivity contribution in [1.29, 1.82) is 0 Å². The van der Waals surface area contributed by atoms with Gasteiger partial charge in [-0.1, -0.05) is 12.1 Å². The van der Waals surface area contributed by atoms with Crippen LogP contribution >= 0.6 is 0 Å². The third kappa shape index (κ3) is 4.01. The van der Waals surface area contributed by atoms with Gasteiger partial charge in [-0.15, -0.1) is 0 Å². The number of aliphatic hydroxyl groups excluding tert-OH is 4. The molecule has 8 nitrogen and oxygen atoms in total. The molecule has 0 aliphatic rings. The van der Waals surface area contributed by atoms with Gasteiger partial charge in [0.2, 0.25) is 0 Å². The number of benzene rings is 1. The first-order chi connectivity index (χ1) is 10.5. The Morgan fingerprint density at radius 1 is 1.00 bits per heavy atom. The Bertz CT molecular complexity index is 526. The lowest BCUT2D eigenvalue weighted by Gasteiger charge is -2.23. The molecule has 1 aromatic carbocycles. The number of amides is 3. The molecule has 7 N–H and O–H groups in total. The van der Waals surface area contributed by atoms with Crippen LogP contribution in [0.2, 0.25) is 0 Å². The molecular formula is C14H20N2O6. The van der Waals surface area contributed by atoms with Gasteiger partial charge in [-0.05, 0) is 17.2 Å². The van der Waals surface area contributed by atoms with Gasteiger partial charge in [-0.2, -0.15) is 0 Å². The molecule has 0 saturated carbocycles. The summed E-state index contributed by atoms with van der Waals surface area (Å²) in [6.07, 6.45) is 0. The number of carbonyl (C=O) groups excluding carboxylic acids is 2. The van der Waals surface area contributed by atoms with Crippen molar-refractivity contribution in [2.45, 2.75) is 11.8 Å². The Labute approximate surface area is 127 Å². The predicted octanol–water partition coefficient (Wildman–Crippen LogP) is -1.37. The Morgan fingerprint density at radius 3 is 2.00 bits per heavy atom. The summed E-state index contributed by atoms with van der Waals surface area (Å²) >= 11 is 0. The van der Waals surface area contributed by atoms with Gasteiger partial charge in [0.15, 0.2) is 0 Å². The zero-order valence-electron chi connectivity index (χ0n) is 11.9. The zero-order valence-corrected chi connectivity index (χ0v) is 11.9. The topological polar surface area (TPSA) is 153 Å². The summed E-state index contributed by atoms with van der Waals surface area (Å²) in [5.41, 5.74) is 5.64. The van der Waals surface area contributed by atoms with Crippen molar-refractivity contribution < 1.29 is 30.0 Å². The molecule has 0 saturated heterocycles. The Balaban J connectivity index is 3.46. The molecule has 0 aliphatic heterocycles. The highest BCUT2D eigenvalue weighted by atomic mass is 16.3. The minimum Gasteiger partial charge on any atom is -0.396 e. The van der Waals surface area contributed by atoms with Crippen LogP contribution in [0.5, 0.6) is 0 Å². The number of aliphatic hydroxyl groups is 4. The standard InChI is InChI=1S/C14H20N2O6/c15-14(22)16-13(21)11-3-1-2-10(8(4-17)5-18)12(11)9(6-19)7-20/h1-3,8-9,17-20H,4-7H2,(H3,15,16,21,22). The first-order valence-electron chi connectivity index (χ1n) is 6.67. The van der Waals surface area contributed by atoms with E-state index in [1.165, 1.54) is 12.1 Å². The molecule has 0 fully saturated rings. The highest BCUT2D eigenvalue weighted by molar-refractivity contribution is 6.05. The first-order valence-corrected chi connectivity index (χ1v) is 6.67. The summed E-state index contributed by atoms with van der Waals surface area (Å²) in [6, 6.07) is 3.46. The lowest BCUT2D eigenvalue weighted by Crippen LogP contribution is -2.36. The number of urea groups is 1. The van der Waals surface area contributed by atoms with Crippen LogP contribution in [-0.4, -0.2) is 58.8 Å². The molecule has 0 atom stereocenters. The average molecular weight is 312 g/mol. The van der Waals surface area contributed by atoms with E-state index in [1.807, 2.05) is 5.32 Å². The zero-order chi connectivity index (χ0) is 16.7. The molecular weight excluding hydrogens is 292 g/mol. The van der Waals surface area contributed by atoms with Crippen LogP contribution in [0.1, 0.15) is 33.3 Å². The van der Waals surface area contributed by atoms with Gasteiger partial charge in [-0.25, -0.2) is 4.79 Å². The lowest BCUT2D eigenvalue weighted by molar-refractivity contribution is 0.0962. The smallest absolute Gasteiger partial charge is 0.319 e. The molecule has 22 heavy (non-hydrogen) atoms. The maximum atomic E-state index is 12.1. The molecule has 0 unspecified atom stereocenters. The summed E-state index contributed by atoms with van der Waals surface area (Å²) < 4.78 is 0. The minimum atomic E-state index is -1.04. The fourth-order valence-electron chi connectivity index (χ4n) is 2.27. The van der Waals surface area contributed by atoms with E-state index in [4.69, 9.17) is 5.73 Å². The van der Waals surface area contributed by atoms with Gasteiger partial charge >= 0.3 is 6.03 Å². The number of primary amides is 1. The molecule has 0 radical (unpaired) electrons. The quantitative estimate of drug-likeness (QED) is 0.365. The number of rotatable bonds is 7. The van der Waals surface area contributed by atoms with Gasteiger partial charge in [0.1, 0.15) is 0 Å². The van der Waals surface area contributed by atoms with Crippen molar-refractivity contribution in [3.63, 3.8) is 0 Å². The van der Waals surface area contributed by atoms with Gasteiger partial charge in [-0.3, -0.25) is 10.1 Å². The molecule has 122 valence electrons. The molecule has 1 aromatic rings. The summed E-state index contributed by atoms with van der Waals surface area (Å²) in [6.45, 7) is -1.66. The summed E-state index contributed by atoms with van der Waals surface area (Å²) in [5.74, 6) is -2.27. The minimum absolute atomic E-state index is 0.0382. The second kappa shape index (κ2) is 8.44. The molecule has 3 amide bonds. The fourth-order valence-corrected chi connectivity index (χ4v) is 2.27. The van der Waals surface area contributed by atoms with E-state index in [0.29, 0.717) is 5.56 Å². The first kappa shape index (κ1) is 18.1. The van der Waals surface area contributed by atoms with E-state index in [1.54, 1.807) is 6.07 Å². The van der Waals surface area contributed by atoms with Gasteiger partial charge < -0.3 is 26.2 Å². The van der Waals surface area contributed by atoms with Crippen LogP contribution in [0.15, 0.2) is 18.2 Å². The molecule has 1 rings (SSSR count). The van der Waals surface area contributed by atoms with Crippen LogP contribution in [0, 0.1) is 0 Å². The van der Waals surface area contributed by atoms with E-state index in [9.17, 15) is 30.0 Å². The predicted molar refractivity (Wildman–Crippen MR) is 77.3 cm³/mol. The molecule has 0 spiro atoms. The van der Waals surface area contributed by atoms with Gasteiger partial charge in [0.25, 0.3) is 5.91 Å². The van der Waals surface area contributed by atoms with Crippen molar-refractivity contribution in [2.75, 3.05) is 26.4 Å². The molecule has 0 aromatic heterocycles. The van der Waals surface area contributed by atoms with Crippen LogP contribution in [-0.2, 0) is 0 Å². The normalized spacial score (nSPS) is 11.0.